The van der Waals surface area contributed by atoms with Gasteiger partial charge in [0.1, 0.15) is 6.26 Å². The van der Waals surface area contributed by atoms with Crippen LogP contribution >= 0.6 is 0 Å². The lowest BCUT2D eigenvalue weighted by Gasteiger charge is -2.27. The number of anilines is 1. The van der Waals surface area contributed by atoms with E-state index in [1.165, 1.54) is 12.8 Å². The van der Waals surface area contributed by atoms with E-state index in [9.17, 15) is 4.79 Å². The second kappa shape index (κ2) is 5.41. The van der Waals surface area contributed by atoms with Gasteiger partial charge >= 0.3 is 6.03 Å². The predicted octanol–water partition coefficient (Wildman–Crippen LogP) is 3.97. The van der Waals surface area contributed by atoms with E-state index in [2.05, 4.69) is 10.3 Å². The maximum absolute atomic E-state index is 12.5. The zero-order valence-electron chi connectivity index (χ0n) is 13.5. The smallest absolute Gasteiger partial charge is 0.322 e. The summed E-state index contributed by atoms with van der Waals surface area (Å²) in [5, 5.41) is 3.03. The van der Waals surface area contributed by atoms with Crippen molar-refractivity contribution in [3.8, 4) is 11.5 Å². The van der Waals surface area contributed by atoms with E-state index in [4.69, 9.17) is 4.42 Å². The summed E-state index contributed by atoms with van der Waals surface area (Å²) < 4.78 is 5.50. The highest BCUT2D eigenvalue weighted by molar-refractivity contribution is 5.90. The van der Waals surface area contributed by atoms with Gasteiger partial charge in [-0.25, -0.2) is 9.78 Å². The Hall–Kier alpha value is -2.30. The SMILES string of the molecule is Cc1coc(-c2cc(NC(=O)N3CC4CCC3C4)ccc2C)n1. The Labute approximate surface area is 135 Å². The molecule has 2 aliphatic rings. The number of piperidine rings is 1. The number of hydrogen-bond donors (Lipinski definition) is 1. The van der Waals surface area contributed by atoms with Gasteiger partial charge in [-0.05, 0) is 56.7 Å². The predicted molar refractivity (Wildman–Crippen MR) is 88.3 cm³/mol. The Kier molecular flexibility index (Phi) is 3.36. The fraction of sp³-hybridized carbons (Fsp3) is 0.444. The average molecular weight is 311 g/mol. The molecule has 5 heteroatoms. The van der Waals surface area contributed by atoms with E-state index in [0.29, 0.717) is 17.9 Å². The Morgan fingerprint density at radius 1 is 1.35 bits per heavy atom. The van der Waals surface area contributed by atoms with Crippen molar-refractivity contribution in [3.63, 3.8) is 0 Å². The summed E-state index contributed by atoms with van der Waals surface area (Å²) >= 11 is 0. The first kappa shape index (κ1) is 14.3. The molecule has 4 rings (SSSR count). The summed E-state index contributed by atoms with van der Waals surface area (Å²) in [6.07, 6.45) is 5.22. The van der Waals surface area contributed by atoms with E-state index in [1.54, 1.807) is 6.26 Å². The molecule has 2 bridgehead atoms. The Morgan fingerprint density at radius 2 is 2.22 bits per heavy atom. The average Bonchev–Trinajstić information content (AvgIpc) is 3.25. The van der Waals surface area contributed by atoms with Crippen molar-refractivity contribution in [3.05, 3.63) is 35.7 Å². The number of aryl methyl sites for hydroxylation is 2. The first-order chi connectivity index (χ1) is 11.1. The number of likely N-dealkylation sites (tertiary alicyclic amines) is 1. The number of nitrogens with zero attached hydrogens (tertiary/aromatic N) is 2. The van der Waals surface area contributed by atoms with Crippen LogP contribution in [0.3, 0.4) is 0 Å². The highest BCUT2D eigenvalue weighted by Crippen LogP contribution is 2.37. The summed E-state index contributed by atoms with van der Waals surface area (Å²) in [6, 6.07) is 6.30. The summed E-state index contributed by atoms with van der Waals surface area (Å²) in [6.45, 7) is 4.81. The van der Waals surface area contributed by atoms with E-state index < -0.39 is 0 Å². The number of amides is 2. The molecule has 2 atom stereocenters. The zero-order valence-corrected chi connectivity index (χ0v) is 13.5. The van der Waals surface area contributed by atoms with Crippen LogP contribution in [0.5, 0.6) is 0 Å². The lowest BCUT2D eigenvalue weighted by molar-refractivity contribution is 0.194. The van der Waals surface area contributed by atoms with Crippen molar-refractivity contribution in [2.24, 2.45) is 5.92 Å². The molecule has 1 saturated heterocycles. The first-order valence-electron chi connectivity index (χ1n) is 8.21. The van der Waals surface area contributed by atoms with E-state index in [1.807, 2.05) is 36.9 Å². The topological polar surface area (TPSA) is 58.4 Å². The first-order valence-corrected chi connectivity index (χ1v) is 8.21. The molecule has 2 aromatic rings. The van der Waals surface area contributed by atoms with E-state index in [-0.39, 0.29) is 6.03 Å². The Bertz CT molecular complexity index is 752. The number of urea groups is 1. The van der Waals surface area contributed by atoms with Crippen LogP contribution in [0.2, 0.25) is 0 Å². The number of nitrogens with one attached hydrogen (secondary N) is 1. The molecule has 2 fully saturated rings. The third kappa shape index (κ3) is 2.60. The number of oxazole rings is 1. The molecular formula is C18H21N3O2. The Morgan fingerprint density at radius 3 is 2.87 bits per heavy atom. The lowest BCUT2D eigenvalue weighted by atomic mass is 10.1. The number of hydrogen-bond acceptors (Lipinski definition) is 3. The number of carbonyl (C=O) groups is 1. The summed E-state index contributed by atoms with van der Waals surface area (Å²) in [7, 11) is 0. The van der Waals surface area contributed by atoms with Crippen molar-refractivity contribution in [1.29, 1.82) is 0 Å². The number of fused-ring (bicyclic) bond motifs is 2. The number of rotatable bonds is 2. The standard InChI is InChI=1S/C18H21N3O2/c1-11-3-5-14(8-16(11)17-19-12(2)10-23-17)20-18(22)21-9-13-4-6-15(21)7-13/h3,5,8,10,13,15H,4,6-7,9H2,1-2H3,(H,20,22). The molecule has 5 nitrogen and oxygen atoms in total. The minimum Gasteiger partial charge on any atom is -0.444 e. The van der Waals surface area contributed by atoms with Gasteiger partial charge < -0.3 is 14.6 Å². The molecule has 0 radical (unpaired) electrons. The molecule has 1 saturated carbocycles. The second-order valence-corrected chi connectivity index (χ2v) is 6.74. The van der Waals surface area contributed by atoms with Gasteiger partial charge in [0.25, 0.3) is 0 Å². The third-order valence-corrected chi connectivity index (χ3v) is 5.01. The fourth-order valence-electron chi connectivity index (χ4n) is 3.78. The normalized spacial score (nSPS) is 22.6. The molecule has 23 heavy (non-hydrogen) atoms. The maximum Gasteiger partial charge on any atom is 0.322 e. The van der Waals surface area contributed by atoms with E-state index in [0.717, 1.165) is 35.5 Å². The molecule has 1 aromatic carbocycles. The van der Waals surface area contributed by atoms with Crippen molar-refractivity contribution >= 4 is 11.7 Å². The molecule has 1 aromatic heterocycles. The molecular weight excluding hydrogens is 290 g/mol. The van der Waals surface area contributed by atoms with Crippen LogP contribution in [-0.2, 0) is 0 Å². The molecule has 1 aliphatic carbocycles. The van der Waals surface area contributed by atoms with Gasteiger partial charge in [0.05, 0.1) is 5.69 Å². The van der Waals surface area contributed by atoms with Crippen LogP contribution in [0.4, 0.5) is 10.5 Å². The van der Waals surface area contributed by atoms with Gasteiger partial charge in [0.2, 0.25) is 5.89 Å². The van der Waals surface area contributed by atoms with Crippen molar-refractivity contribution in [2.75, 3.05) is 11.9 Å². The Balaban J connectivity index is 1.54. The van der Waals surface area contributed by atoms with Crippen LogP contribution in [0, 0.1) is 19.8 Å². The van der Waals surface area contributed by atoms with Crippen molar-refractivity contribution in [2.45, 2.75) is 39.2 Å². The summed E-state index contributed by atoms with van der Waals surface area (Å²) in [4.78, 5) is 18.9. The minimum absolute atomic E-state index is 0.00980. The molecule has 0 spiro atoms. The van der Waals surface area contributed by atoms with Gasteiger partial charge in [-0.1, -0.05) is 6.07 Å². The molecule has 1 N–H and O–H groups in total. The third-order valence-electron chi connectivity index (χ3n) is 5.01. The van der Waals surface area contributed by atoms with Gasteiger partial charge in [-0.2, -0.15) is 0 Å². The molecule has 2 amide bonds. The van der Waals surface area contributed by atoms with Gasteiger partial charge in [-0.3, -0.25) is 0 Å². The number of carbonyl (C=O) groups excluding carboxylic acids is 1. The minimum atomic E-state index is 0.00980. The quantitative estimate of drug-likeness (QED) is 0.912. The molecule has 2 unspecified atom stereocenters. The van der Waals surface area contributed by atoms with Crippen LogP contribution in [0.25, 0.3) is 11.5 Å². The molecule has 2 heterocycles. The lowest BCUT2D eigenvalue weighted by Crippen LogP contribution is -2.40. The van der Waals surface area contributed by atoms with Crippen LogP contribution in [0.15, 0.2) is 28.9 Å². The van der Waals surface area contributed by atoms with Gasteiger partial charge in [0.15, 0.2) is 0 Å². The van der Waals surface area contributed by atoms with E-state index >= 15 is 0 Å². The van der Waals surface area contributed by atoms with Crippen molar-refractivity contribution < 1.29 is 9.21 Å². The molecule has 1 aliphatic heterocycles. The zero-order chi connectivity index (χ0) is 16.0. The highest BCUT2D eigenvalue weighted by Gasteiger charge is 2.40. The largest absolute Gasteiger partial charge is 0.444 e. The number of aromatic nitrogens is 1. The summed E-state index contributed by atoms with van der Waals surface area (Å²) in [5.74, 6) is 1.30. The van der Waals surface area contributed by atoms with Gasteiger partial charge in [-0.15, -0.1) is 0 Å². The van der Waals surface area contributed by atoms with Crippen LogP contribution in [0.1, 0.15) is 30.5 Å². The fourth-order valence-corrected chi connectivity index (χ4v) is 3.78. The van der Waals surface area contributed by atoms with Crippen LogP contribution in [-0.4, -0.2) is 28.5 Å². The van der Waals surface area contributed by atoms with Crippen molar-refractivity contribution in [1.82, 2.24) is 9.88 Å². The van der Waals surface area contributed by atoms with Crippen LogP contribution < -0.4 is 5.32 Å². The maximum atomic E-state index is 12.5. The second-order valence-electron chi connectivity index (χ2n) is 6.74. The monoisotopic (exact) mass is 311 g/mol. The summed E-state index contributed by atoms with van der Waals surface area (Å²) in [5.41, 5.74) is 3.63. The molecule has 120 valence electrons. The van der Waals surface area contributed by atoms with Gasteiger partial charge in [0, 0.05) is 23.8 Å². The highest BCUT2D eigenvalue weighted by atomic mass is 16.3. The number of benzene rings is 1.